The van der Waals surface area contributed by atoms with E-state index >= 15 is 0 Å². The molecule has 0 aliphatic rings. The molecule has 0 aliphatic heterocycles. The minimum Gasteiger partial charge on any atom is -0.481 e. The van der Waals surface area contributed by atoms with Gasteiger partial charge in [-0.25, -0.2) is 4.79 Å². The molecule has 5 nitrogen and oxygen atoms in total. The Kier molecular flexibility index (Phi) is 3.79. The van der Waals surface area contributed by atoms with Crippen LogP contribution in [-0.4, -0.2) is 22.2 Å². The van der Waals surface area contributed by atoms with E-state index in [0.717, 1.165) is 10.9 Å². The molecular formula is C15H15O5. The maximum absolute atomic E-state index is 11.1. The highest BCUT2D eigenvalue weighted by Gasteiger charge is 2.20. The lowest BCUT2D eigenvalue weighted by molar-refractivity contribution is -0.133. The van der Waals surface area contributed by atoms with Crippen LogP contribution in [0.15, 0.2) is 22.6 Å². The first kappa shape index (κ1) is 14.1. The fraction of sp³-hybridized carbons (Fsp3) is 0.267. The van der Waals surface area contributed by atoms with Crippen LogP contribution in [0.25, 0.3) is 11.0 Å². The summed E-state index contributed by atoms with van der Waals surface area (Å²) in [5.41, 5.74) is 1.98. The summed E-state index contributed by atoms with van der Waals surface area (Å²) in [6, 6.07) is 5.35. The molecule has 0 saturated heterocycles. The van der Waals surface area contributed by atoms with Gasteiger partial charge in [0.25, 0.3) is 0 Å². The van der Waals surface area contributed by atoms with Gasteiger partial charge in [0.1, 0.15) is 5.58 Å². The van der Waals surface area contributed by atoms with E-state index in [2.05, 4.69) is 0 Å². The van der Waals surface area contributed by atoms with Crippen LogP contribution in [0.4, 0.5) is 0 Å². The third-order valence-electron chi connectivity index (χ3n) is 3.20. The fourth-order valence-electron chi connectivity index (χ4n) is 2.41. The van der Waals surface area contributed by atoms with Gasteiger partial charge in [0.15, 0.2) is 0 Å². The number of rotatable bonds is 5. The summed E-state index contributed by atoms with van der Waals surface area (Å²) in [7, 11) is 0. The molecule has 1 atom stereocenters. The van der Waals surface area contributed by atoms with Gasteiger partial charge in [-0.3, -0.25) is 4.79 Å². The third kappa shape index (κ3) is 2.66. The number of aliphatic carboxylic acids is 1. The van der Waals surface area contributed by atoms with Crippen molar-refractivity contribution < 1.29 is 24.2 Å². The van der Waals surface area contributed by atoms with Crippen LogP contribution in [0.5, 0.6) is 0 Å². The number of benzene rings is 1. The Morgan fingerprint density at radius 3 is 2.65 bits per heavy atom. The molecule has 0 saturated carbocycles. The smallest absolute Gasteiger partial charge is 0.372 e. The number of furan rings is 1. The molecule has 2 N–H and O–H groups in total. The number of aryl methyl sites for hydroxylation is 1. The molecule has 0 spiro atoms. The van der Waals surface area contributed by atoms with Crippen LogP contribution in [0.3, 0.4) is 0 Å². The first-order valence-electron chi connectivity index (χ1n) is 6.22. The predicted molar refractivity (Wildman–Crippen MR) is 72.7 cm³/mol. The Hall–Kier alpha value is -2.30. The minimum atomic E-state index is -1.10. The molecule has 1 unspecified atom stereocenters. The Morgan fingerprint density at radius 2 is 2.05 bits per heavy atom. The lowest BCUT2D eigenvalue weighted by Gasteiger charge is -2.09. The molecule has 1 radical (unpaired) electrons. The van der Waals surface area contributed by atoms with E-state index in [9.17, 15) is 9.59 Å². The maximum Gasteiger partial charge on any atom is 0.372 e. The average molecular weight is 275 g/mol. The third-order valence-corrected chi connectivity index (χ3v) is 3.20. The first-order chi connectivity index (χ1) is 9.40. The summed E-state index contributed by atoms with van der Waals surface area (Å²) in [5, 5.41) is 18.6. The number of aromatic carboxylic acids is 1. The summed E-state index contributed by atoms with van der Waals surface area (Å²) >= 11 is 0. The zero-order valence-corrected chi connectivity index (χ0v) is 11.2. The lowest BCUT2D eigenvalue weighted by atomic mass is 9.94. The summed E-state index contributed by atoms with van der Waals surface area (Å²) < 4.78 is 5.34. The standard InChI is InChI=1S/C15H15O5/c1-8(7-12(16)17)6-10-4-3-5-11-13(10)9(2)14(20-11)15(18)19/h3-5,7-8H,6H2,1-2H3,(H,16,17)(H,18,19). The van der Waals surface area contributed by atoms with Gasteiger partial charge in [0.2, 0.25) is 5.76 Å². The quantitative estimate of drug-likeness (QED) is 0.876. The van der Waals surface area contributed by atoms with Crippen LogP contribution in [0.1, 0.15) is 28.6 Å². The largest absolute Gasteiger partial charge is 0.481 e. The zero-order chi connectivity index (χ0) is 14.9. The van der Waals surface area contributed by atoms with Gasteiger partial charge in [-0.2, -0.15) is 0 Å². The second-order valence-corrected chi connectivity index (χ2v) is 4.84. The summed E-state index contributed by atoms with van der Waals surface area (Å²) in [6.07, 6.45) is 1.75. The van der Waals surface area contributed by atoms with Crippen molar-refractivity contribution in [2.45, 2.75) is 20.3 Å². The number of carboxylic acid groups (broad SMARTS) is 2. The molecule has 1 aromatic carbocycles. The monoisotopic (exact) mass is 275 g/mol. The molecule has 1 aromatic heterocycles. The minimum absolute atomic E-state index is 0.0673. The molecular weight excluding hydrogens is 260 g/mol. The van der Waals surface area contributed by atoms with Gasteiger partial charge in [-0.1, -0.05) is 19.1 Å². The molecule has 0 aliphatic carbocycles. The number of carboxylic acids is 2. The summed E-state index contributed by atoms with van der Waals surface area (Å²) in [5.74, 6) is -2.28. The van der Waals surface area contributed by atoms with E-state index in [0.29, 0.717) is 17.6 Å². The zero-order valence-electron chi connectivity index (χ0n) is 11.2. The highest BCUT2D eigenvalue weighted by molar-refractivity contribution is 5.96. The van der Waals surface area contributed by atoms with Crippen molar-refractivity contribution in [3.63, 3.8) is 0 Å². The molecule has 0 amide bonds. The summed E-state index contributed by atoms with van der Waals surface area (Å²) in [6.45, 7) is 3.50. The van der Waals surface area contributed by atoms with Gasteiger partial charge >= 0.3 is 11.9 Å². The number of fused-ring (bicyclic) bond motifs is 1. The van der Waals surface area contributed by atoms with Crippen LogP contribution in [-0.2, 0) is 11.2 Å². The molecule has 105 valence electrons. The van der Waals surface area contributed by atoms with E-state index in [-0.39, 0.29) is 11.7 Å². The first-order valence-corrected chi connectivity index (χ1v) is 6.22. The Morgan fingerprint density at radius 1 is 1.35 bits per heavy atom. The summed E-state index contributed by atoms with van der Waals surface area (Å²) in [4.78, 5) is 21.8. The van der Waals surface area contributed by atoms with Crippen molar-refractivity contribution in [2.24, 2.45) is 5.92 Å². The Balaban J connectivity index is 2.43. The predicted octanol–water partition coefficient (Wildman–Crippen LogP) is 2.91. The molecule has 0 fully saturated rings. The molecule has 20 heavy (non-hydrogen) atoms. The number of carbonyl (C=O) groups is 2. The Bertz CT molecular complexity index is 668. The highest BCUT2D eigenvalue weighted by atomic mass is 16.4. The van der Waals surface area contributed by atoms with Crippen LogP contribution in [0.2, 0.25) is 0 Å². The topological polar surface area (TPSA) is 87.7 Å². The van der Waals surface area contributed by atoms with E-state index < -0.39 is 11.9 Å². The van der Waals surface area contributed by atoms with Crippen molar-refractivity contribution in [1.82, 2.24) is 0 Å². The normalized spacial score (nSPS) is 12.5. The molecule has 1 heterocycles. The highest BCUT2D eigenvalue weighted by Crippen LogP contribution is 2.30. The van der Waals surface area contributed by atoms with Crippen LogP contribution in [0, 0.1) is 19.3 Å². The second-order valence-electron chi connectivity index (χ2n) is 4.84. The van der Waals surface area contributed by atoms with Crippen molar-refractivity contribution in [3.05, 3.63) is 41.5 Å². The van der Waals surface area contributed by atoms with Gasteiger partial charge < -0.3 is 14.6 Å². The average Bonchev–Trinajstić information content (AvgIpc) is 2.67. The van der Waals surface area contributed by atoms with E-state index in [4.69, 9.17) is 14.6 Å². The lowest BCUT2D eigenvalue weighted by Crippen LogP contribution is -2.08. The maximum atomic E-state index is 11.1. The van der Waals surface area contributed by atoms with Crippen LogP contribution < -0.4 is 0 Å². The van der Waals surface area contributed by atoms with Crippen molar-refractivity contribution in [1.29, 1.82) is 0 Å². The van der Waals surface area contributed by atoms with Crippen molar-refractivity contribution in [3.8, 4) is 0 Å². The van der Waals surface area contributed by atoms with Crippen molar-refractivity contribution >= 4 is 22.9 Å². The fourth-order valence-corrected chi connectivity index (χ4v) is 2.41. The van der Waals surface area contributed by atoms with Gasteiger partial charge in [-0.05, 0) is 30.9 Å². The van der Waals surface area contributed by atoms with Gasteiger partial charge in [0, 0.05) is 10.9 Å². The van der Waals surface area contributed by atoms with Gasteiger partial charge in [-0.15, -0.1) is 0 Å². The molecule has 2 rings (SSSR count). The molecule has 2 aromatic rings. The molecule has 0 bridgehead atoms. The van der Waals surface area contributed by atoms with E-state index in [1.54, 1.807) is 26.0 Å². The Labute approximate surface area is 115 Å². The van der Waals surface area contributed by atoms with Gasteiger partial charge in [0.05, 0.1) is 6.42 Å². The van der Waals surface area contributed by atoms with E-state index in [1.165, 1.54) is 6.42 Å². The van der Waals surface area contributed by atoms with Crippen LogP contribution >= 0.6 is 0 Å². The number of hydrogen-bond acceptors (Lipinski definition) is 3. The number of hydrogen-bond donors (Lipinski definition) is 2. The molecule has 5 heteroatoms. The van der Waals surface area contributed by atoms with Crippen molar-refractivity contribution in [2.75, 3.05) is 0 Å². The SMILES string of the molecule is Cc1c(C(=O)O)oc2cccc(CC(C)[CH]C(=O)O)c12. The van der Waals surface area contributed by atoms with E-state index in [1.807, 2.05) is 6.07 Å². The second kappa shape index (κ2) is 5.36.